The maximum atomic E-state index is 11.9. The summed E-state index contributed by atoms with van der Waals surface area (Å²) < 4.78 is 0.964. The summed E-state index contributed by atoms with van der Waals surface area (Å²) >= 11 is 9.16. The number of aryl methyl sites for hydroxylation is 1. The molecule has 0 saturated heterocycles. The van der Waals surface area contributed by atoms with Crippen LogP contribution in [0.5, 0.6) is 0 Å². The molecule has 0 aliphatic rings. The first-order chi connectivity index (χ1) is 8.54. The van der Waals surface area contributed by atoms with Gasteiger partial charge in [0.2, 0.25) is 0 Å². The minimum atomic E-state index is -0.0192. The lowest BCUT2D eigenvalue weighted by Crippen LogP contribution is -2.24. The molecule has 1 aromatic carbocycles. The molecule has 0 radical (unpaired) electrons. The highest BCUT2D eigenvalue weighted by atomic mass is 79.9. The van der Waals surface area contributed by atoms with Crippen molar-refractivity contribution in [2.24, 2.45) is 5.92 Å². The minimum absolute atomic E-state index is 0.0192. The van der Waals surface area contributed by atoms with Crippen molar-refractivity contribution in [1.29, 1.82) is 0 Å². The van der Waals surface area contributed by atoms with Gasteiger partial charge >= 0.3 is 0 Å². The molecule has 1 N–H and O–H groups in total. The lowest BCUT2D eigenvalue weighted by Gasteiger charge is -2.09. The third kappa shape index (κ3) is 4.99. The topological polar surface area (TPSA) is 29.1 Å². The van der Waals surface area contributed by atoms with E-state index < -0.39 is 0 Å². The SMILES string of the molecule is Cc1ccc(C(=O)NCCCC(C)CCl)cc1Br. The smallest absolute Gasteiger partial charge is 0.251 e. The normalized spacial score (nSPS) is 12.2. The van der Waals surface area contributed by atoms with E-state index in [4.69, 9.17) is 11.6 Å². The number of nitrogens with one attached hydrogen (secondary N) is 1. The molecule has 18 heavy (non-hydrogen) atoms. The average Bonchev–Trinajstić information content (AvgIpc) is 2.37. The van der Waals surface area contributed by atoms with Crippen LogP contribution in [0.2, 0.25) is 0 Å². The second kappa shape index (κ2) is 7.80. The van der Waals surface area contributed by atoms with E-state index in [9.17, 15) is 4.79 Å². The Bertz CT molecular complexity index is 409. The number of halogens is 2. The van der Waals surface area contributed by atoms with E-state index in [2.05, 4.69) is 28.2 Å². The summed E-state index contributed by atoms with van der Waals surface area (Å²) in [6, 6.07) is 5.64. The number of hydrogen-bond donors (Lipinski definition) is 1. The zero-order chi connectivity index (χ0) is 13.5. The predicted molar refractivity (Wildman–Crippen MR) is 80.3 cm³/mol. The molecule has 1 unspecified atom stereocenters. The Hall–Kier alpha value is -0.540. The molecular weight excluding hydrogens is 314 g/mol. The molecule has 0 spiro atoms. The molecule has 0 fully saturated rings. The lowest BCUT2D eigenvalue weighted by atomic mass is 10.1. The second-order valence-corrected chi connectivity index (χ2v) is 5.78. The quantitative estimate of drug-likeness (QED) is 0.615. The van der Waals surface area contributed by atoms with Crippen molar-refractivity contribution in [2.75, 3.05) is 12.4 Å². The van der Waals surface area contributed by atoms with Crippen LogP contribution in [-0.2, 0) is 0 Å². The fourth-order valence-electron chi connectivity index (χ4n) is 1.57. The molecule has 100 valence electrons. The number of benzene rings is 1. The maximum absolute atomic E-state index is 11.9. The molecular formula is C14H19BrClNO. The Morgan fingerprint density at radius 3 is 2.83 bits per heavy atom. The number of rotatable bonds is 6. The average molecular weight is 333 g/mol. The van der Waals surface area contributed by atoms with Crippen molar-refractivity contribution in [3.63, 3.8) is 0 Å². The number of carbonyl (C=O) groups is 1. The lowest BCUT2D eigenvalue weighted by molar-refractivity contribution is 0.0952. The monoisotopic (exact) mass is 331 g/mol. The third-order valence-electron chi connectivity index (χ3n) is 2.86. The van der Waals surface area contributed by atoms with E-state index in [-0.39, 0.29) is 5.91 Å². The first kappa shape index (κ1) is 15.5. The van der Waals surface area contributed by atoms with Crippen LogP contribution in [0.3, 0.4) is 0 Å². The van der Waals surface area contributed by atoms with Crippen LogP contribution < -0.4 is 5.32 Å². The van der Waals surface area contributed by atoms with Gasteiger partial charge < -0.3 is 5.32 Å². The van der Waals surface area contributed by atoms with E-state index in [1.165, 1.54) is 0 Å². The molecule has 1 rings (SSSR count). The van der Waals surface area contributed by atoms with E-state index in [0.717, 1.165) is 22.9 Å². The van der Waals surface area contributed by atoms with Crippen molar-refractivity contribution >= 4 is 33.4 Å². The second-order valence-electron chi connectivity index (χ2n) is 4.62. The number of amides is 1. The van der Waals surface area contributed by atoms with Gasteiger partial charge in [0.05, 0.1) is 0 Å². The van der Waals surface area contributed by atoms with E-state index in [1.807, 2.05) is 25.1 Å². The summed E-state index contributed by atoms with van der Waals surface area (Å²) in [6.45, 7) is 4.82. The van der Waals surface area contributed by atoms with Gasteiger partial charge in [0.15, 0.2) is 0 Å². The molecule has 1 amide bonds. The summed E-state index contributed by atoms with van der Waals surface area (Å²) in [4.78, 5) is 11.9. The van der Waals surface area contributed by atoms with Crippen LogP contribution in [0.1, 0.15) is 35.7 Å². The fourth-order valence-corrected chi connectivity index (χ4v) is 2.10. The maximum Gasteiger partial charge on any atom is 0.251 e. The van der Waals surface area contributed by atoms with Gasteiger partial charge in [-0.25, -0.2) is 0 Å². The van der Waals surface area contributed by atoms with E-state index >= 15 is 0 Å². The highest BCUT2D eigenvalue weighted by molar-refractivity contribution is 9.10. The number of hydrogen-bond acceptors (Lipinski definition) is 1. The van der Waals surface area contributed by atoms with Gasteiger partial charge in [-0.15, -0.1) is 11.6 Å². The molecule has 0 bridgehead atoms. The van der Waals surface area contributed by atoms with Gasteiger partial charge in [-0.2, -0.15) is 0 Å². The number of carbonyl (C=O) groups excluding carboxylic acids is 1. The highest BCUT2D eigenvalue weighted by Gasteiger charge is 2.07. The van der Waals surface area contributed by atoms with Gasteiger partial charge in [-0.3, -0.25) is 4.79 Å². The van der Waals surface area contributed by atoms with Crippen molar-refractivity contribution < 1.29 is 4.79 Å². The van der Waals surface area contributed by atoms with Crippen LogP contribution in [0.25, 0.3) is 0 Å². The van der Waals surface area contributed by atoms with Crippen molar-refractivity contribution in [3.05, 3.63) is 33.8 Å². The Labute approximate surface area is 122 Å². The molecule has 1 atom stereocenters. The largest absolute Gasteiger partial charge is 0.352 e. The molecule has 0 aromatic heterocycles. The Kier molecular flexibility index (Phi) is 6.72. The van der Waals surface area contributed by atoms with Gasteiger partial charge in [-0.05, 0) is 43.4 Å². The number of alkyl halides is 1. The summed E-state index contributed by atoms with van der Waals surface area (Å²) in [5.74, 6) is 1.17. The van der Waals surface area contributed by atoms with Crippen LogP contribution in [0.4, 0.5) is 0 Å². The van der Waals surface area contributed by atoms with Gasteiger partial charge in [0.1, 0.15) is 0 Å². The Morgan fingerprint density at radius 2 is 2.22 bits per heavy atom. The summed E-state index contributed by atoms with van der Waals surface area (Å²) in [6.07, 6.45) is 2.01. The first-order valence-corrected chi connectivity index (χ1v) is 7.47. The van der Waals surface area contributed by atoms with Gasteiger partial charge in [0.25, 0.3) is 5.91 Å². The summed E-state index contributed by atoms with van der Waals surface area (Å²) in [5, 5.41) is 2.92. The summed E-state index contributed by atoms with van der Waals surface area (Å²) in [5.41, 5.74) is 1.82. The molecule has 0 aliphatic heterocycles. The zero-order valence-electron chi connectivity index (χ0n) is 10.8. The Balaban J connectivity index is 2.39. The Morgan fingerprint density at radius 1 is 1.50 bits per heavy atom. The van der Waals surface area contributed by atoms with Crippen LogP contribution >= 0.6 is 27.5 Å². The molecule has 0 saturated carbocycles. The standard InChI is InChI=1S/C14H19BrClNO/c1-10(9-16)4-3-7-17-14(18)12-6-5-11(2)13(15)8-12/h5-6,8,10H,3-4,7,9H2,1-2H3,(H,17,18). The molecule has 4 heteroatoms. The van der Waals surface area contributed by atoms with E-state index in [1.54, 1.807) is 0 Å². The molecule has 0 heterocycles. The van der Waals surface area contributed by atoms with Gasteiger partial charge in [-0.1, -0.05) is 28.9 Å². The van der Waals surface area contributed by atoms with Crippen LogP contribution in [-0.4, -0.2) is 18.3 Å². The van der Waals surface area contributed by atoms with E-state index in [0.29, 0.717) is 23.9 Å². The summed E-state index contributed by atoms with van der Waals surface area (Å²) in [7, 11) is 0. The molecule has 0 aliphatic carbocycles. The fraction of sp³-hybridized carbons (Fsp3) is 0.500. The van der Waals surface area contributed by atoms with Gasteiger partial charge in [0, 0.05) is 22.5 Å². The van der Waals surface area contributed by atoms with Crippen LogP contribution in [0, 0.1) is 12.8 Å². The molecule has 1 aromatic rings. The van der Waals surface area contributed by atoms with Crippen molar-refractivity contribution in [1.82, 2.24) is 5.32 Å². The van der Waals surface area contributed by atoms with Crippen molar-refractivity contribution in [2.45, 2.75) is 26.7 Å². The van der Waals surface area contributed by atoms with Crippen molar-refractivity contribution in [3.8, 4) is 0 Å². The predicted octanol–water partition coefficient (Wildman–Crippen LogP) is 4.14. The first-order valence-electron chi connectivity index (χ1n) is 6.15. The van der Waals surface area contributed by atoms with Crippen LogP contribution in [0.15, 0.2) is 22.7 Å². The zero-order valence-corrected chi connectivity index (χ0v) is 13.1. The highest BCUT2D eigenvalue weighted by Crippen LogP contribution is 2.17. The third-order valence-corrected chi connectivity index (χ3v) is 4.24. The molecule has 2 nitrogen and oxygen atoms in total. The minimum Gasteiger partial charge on any atom is -0.352 e.